The van der Waals surface area contributed by atoms with Crippen molar-refractivity contribution in [2.45, 2.75) is 38.3 Å². The lowest BCUT2D eigenvalue weighted by Crippen LogP contribution is -2.28. The van der Waals surface area contributed by atoms with Gasteiger partial charge in [0.1, 0.15) is 0 Å². The van der Waals surface area contributed by atoms with Crippen molar-refractivity contribution < 1.29 is 4.74 Å². The molecular weight excluding hydrogens is 269 g/mol. The number of likely N-dealkylation sites (N-methyl/N-ethyl adjacent to an activating group) is 1. The van der Waals surface area contributed by atoms with E-state index >= 15 is 0 Å². The molecule has 102 valence electrons. The minimum absolute atomic E-state index is 0.288. The molecule has 0 aromatic heterocycles. The maximum Gasteiger partial charge on any atom is 0.0624 e. The second kappa shape index (κ2) is 8.00. The van der Waals surface area contributed by atoms with E-state index in [0.29, 0.717) is 16.1 Å². The van der Waals surface area contributed by atoms with Crippen LogP contribution in [0.4, 0.5) is 0 Å². The Labute approximate surface area is 120 Å². The summed E-state index contributed by atoms with van der Waals surface area (Å²) in [5.74, 6) is 0. The van der Waals surface area contributed by atoms with Crippen LogP contribution in [0.1, 0.15) is 25.3 Å². The van der Waals surface area contributed by atoms with Gasteiger partial charge in [-0.05, 0) is 44.9 Å². The van der Waals surface area contributed by atoms with Crippen molar-refractivity contribution in [1.82, 2.24) is 5.32 Å². The van der Waals surface area contributed by atoms with Crippen molar-refractivity contribution in [1.29, 1.82) is 0 Å². The van der Waals surface area contributed by atoms with E-state index in [1.807, 2.05) is 25.2 Å². The lowest BCUT2D eigenvalue weighted by molar-refractivity contribution is 0.106. The third-order valence-corrected chi connectivity index (χ3v) is 4.09. The summed E-state index contributed by atoms with van der Waals surface area (Å²) in [6, 6.07) is 6.17. The summed E-state index contributed by atoms with van der Waals surface area (Å²) < 4.78 is 5.26. The summed E-state index contributed by atoms with van der Waals surface area (Å²) in [4.78, 5) is 0. The highest BCUT2D eigenvalue weighted by Crippen LogP contribution is 2.26. The molecule has 1 aromatic rings. The predicted molar refractivity (Wildman–Crippen MR) is 78.7 cm³/mol. The zero-order valence-electron chi connectivity index (χ0n) is 11.2. The van der Waals surface area contributed by atoms with E-state index in [2.05, 4.69) is 12.2 Å². The van der Waals surface area contributed by atoms with Gasteiger partial charge in [0, 0.05) is 13.2 Å². The fraction of sp³-hybridized carbons (Fsp3) is 0.571. The molecule has 0 saturated heterocycles. The molecule has 0 fully saturated rings. The second-order valence-corrected chi connectivity index (χ2v) is 5.31. The summed E-state index contributed by atoms with van der Waals surface area (Å²) in [6.45, 7) is 2.08. The molecule has 0 amide bonds. The van der Waals surface area contributed by atoms with E-state index < -0.39 is 0 Å². The van der Waals surface area contributed by atoms with Gasteiger partial charge in [0.2, 0.25) is 0 Å². The molecule has 0 spiro atoms. The highest BCUT2D eigenvalue weighted by atomic mass is 35.5. The van der Waals surface area contributed by atoms with Crippen LogP contribution in [-0.2, 0) is 11.2 Å². The Morgan fingerprint density at radius 1 is 1.28 bits per heavy atom. The van der Waals surface area contributed by atoms with Crippen LogP contribution in [0.25, 0.3) is 0 Å². The Bertz CT molecular complexity index is 371. The van der Waals surface area contributed by atoms with Crippen molar-refractivity contribution in [3.05, 3.63) is 33.8 Å². The van der Waals surface area contributed by atoms with Gasteiger partial charge >= 0.3 is 0 Å². The number of nitrogens with one attached hydrogen (secondary N) is 1. The Morgan fingerprint density at radius 2 is 2.00 bits per heavy atom. The molecule has 0 heterocycles. The zero-order chi connectivity index (χ0) is 13.5. The molecular formula is C14H21Cl2NO. The summed E-state index contributed by atoms with van der Waals surface area (Å²) in [5.41, 5.74) is 1.09. The van der Waals surface area contributed by atoms with Crippen molar-refractivity contribution in [2.75, 3.05) is 14.2 Å². The van der Waals surface area contributed by atoms with Gasteiger partial charge in [0.15, 0.2) is 0 Å². The fourth-order valence-electron chi connectivity index (χ4n) is 1.87. The maximum absolute atomic E-state index is 6.20. The summed E-state index contributed by atoms with van der Waals surface area (Å²) >= 11 is 12.2. The van der Waals surface area contributed by atoms with Crippen molar-refractivity contribution in [2.24, 2.45) is 0 Å². The molecule has 1 aromatic carbocycles. The summed E-state index contributed by atoms with van der Waals surface area (Å²) in [7, 11) is 3.72. The molecule has 0 radical (unpaired) electrons. The summed E-state index contributed by atoms with van der Waals surface area (Å²) in [6.07, 6.45) is 3.25. The third-order valence-electron chi connectivity index (χ3n) is 3.23. The molecule has 0 aliphatic heterocycles. The molecule has 18 heavy (non-hydrogen) atoms. The Morgan fingerprint density at radius 3 is 2.61 bits per heavy atom. The Balaban J connectivity index is 2.59. The number of halogens is 2. The largest absolute Gasteiger partial charge is 0.382 e. The average Bonchev–Trinajstić information content (AvgIpc) is 2.38. The number of hydrogen-bond acceptors (Lipinski definition) is 2. The molecule has 4 heteroatoms. The van der Waals surface area contributed by atoms with Crippen LogP contribution in [0.5, 0.6) is 0 Å². The van der Waals surface area contributed by atoms with Crippen LogP contribution < -0.4 is 5.32 Å². The first-order chi connectivity index (χ1) is 8.58. The van der Waals surface area contributed by atoms with Crippen LogP contribution in [0.2, 0.25) is 10.0 Å². The van der Waals surface area contributed by atoms with Crippen LogP contribution in [0, 0.1) is 0 Å². The van der Waals surface area contributed by atoms with Gasteiger partial charge in [-0.2, -0.15) is 0 Å². The first-order valence-corrected chi connectivity index (χ1v) is 6.97. The quantitative estimate of drug-likeness (QED) is 0.821. The van der Waals surface area contributed by atoms with Gasteiger partial charge in [0.25, 0.3) is 0 Å². The van der Waals surface area contributed by atoms with E-state index in [-0.39, 0.29) is 6.10 Å². The minimum Gasteiger partial charge on any atom is -0.382 e. The zero-order valence-corrected chi connectivity index (χ0v) is 12.7. The highest BCUT2D eigenvalue weighted by Gasteiger charge is 2.12. The van der Waals surface area contributed by atoms with Gasteiger partial charge < -0.3 is 10.1 Å². The monoisotopic (exact) mass is 289 g/mol. The smallest absolute Gasteiger partial charge is 0.0624 e. The predicted octanol–water partition coefficient (Wildman–Crippen LogP) is 3.94. The van der Waals surface area contributed by atoms with Crippen LogP contribution in [0.15, 0.2) is 18.2 Å². The van der Waals surface area contributed by atoms with E-state index in [0.717, 1.165) is 24.8 Å². The maximum atomic E-state index is 6.20. The van der Waals surface area contributed by atoms with E-state index in [1.165, 1.54) is 0 Å². The number of ether oxygens (including phenoxy) is 1. The van der Waals surface area contributed by atoms with E-state index in [4.69, 9.17) is 27.9 Å². The van der Waals surface area contributed by atoms with Gasteiger partial charge in [-0.25, -0.2) is 0 Å². The normalized spacial score (nSPS) is 14.5. The standard InChI is InChI=1S/C14H21Cl2NO/c1-10(18-3)7-8-12(17-2)9-11-5-4-6-13(15)14(11)16/h4-6,10,12,17H,7-9H2,1-3H3. The van der Waals surface area contributed by atoms with Crippen LogP contribution in [0.3, 0.4) is 0 Å². The Kier molecular flexibility index (Phi) is 7.02. The van der Waals surface area contributed by atoms with Crippen LogP contribution in [-0.4, -0.2) is 26.3 Å². The lowest BCUT2D eigenvalue weighted by atomic mass is 10.0. The van der Waals surface area contributed by atoms with Gasteiger partial charge in [0.05, 0.1) is 16.1 Å². The van der Waals surface area contributed by atoms with Crippen molar-refractivity contribution in [3.63, 3.8) is 0 Å². The van der Waals surface area contributed by atoms with Gasteiger partial charge in [-0.3, -0.25) is 0 Å². The minimum atomic E-state index is 0.288. The summed E-state index contributed by atoms with van der Waals surface area (Å²) in [5, 5.41) is 4.61. The molecule has 0 aliphatic rings. The first kappa shape index (κ1) is 15.8. The van der Waals surface area contributed by atoms with Gasteiger partial charge in [-0.15, -0.1) is 0 Å². The van der Waals surface area contributed by atoms with E-state index in [9.17, 15) is 0 Å². The number of benzene rings is 1. The highest BCUT2D eigenvalue weighted by molar-refractivity contribution is 6.42. The molecule has 1 N–H and O–H groups in total. The van der Waals surface area contributed by atoms with Crippen molar-refractivity contribution in [3.8, 4) is 0 Å². The van der Waals surface area contributed by atoms with Gasteiger partial charge in [-0.1, -0.05) is 35.3 Å². The molecule has 2 nitrogen and oxygen atoms in total. The molecule has 2 atom stereocenters. The molecule has 0 bridgehead atoms. The number of methoxy groups -OCH3 is 1. The van der Waals surface area contributed by atoms with Crippen molar-refractivity contribution >= 4 is 23.2 Å². The third kappa shape index (κ3) is 4.77. The first-order valence-electron chi connectivity index (χ1n) is 6.21. The fourth-order valence-corrected chi connectivity index (χ4v) is 2.27. The number of rotatable bonds is 7. The molecule has 1 rings (SSSR count). The average molecular weight is 290 g/mol. The molecule has 0 aliphatic carbocycles. The topological polar surface area (TPSA) is 21.3 Å². The second-order valence-electron chi connectivity index (χ2n) is 4.53. The number of hydrogen-bond donors (Lipinski definition) is 1. The Hall–Kier alpha value is -0.280. The SMILES string of the molecule is CNC(CCC(C)OC)Cc1cccc(Cl)c1Cl. The van der Waals surface area contributed by atoms with Crippen LogP contribution >= 0.6 is 23.2 Å². The lowest BCUT2D eigenvalue weighted by Gasteiger charge is -2.19. The molecule has 2 unspecified atom stereocenters. The van der Waals surface area contributed by atoms with E-state index in [1.54, 1.807) is 7.11 Å². The molecule has 0 saturated carbocycles.